The van der Waals surface area contributed by atoms with Gasteiger partial charge in [-0.3, -0.25) is 4.90 Å². The summed E-state index contributed by atoms with van der Waals surface area (Å²) in [6.45, 7) is 5.16. The van der Waals surface area contributed by atoms with Gasteiger partial charge in [-0.15, -0.1) is 0 Å². The van der Waals surface area contributed by atoms with Crippen molar-refractivity contribution < 1.29 is 17.9 Å². The van der Waals surface area contributed by atoms with Crippen LogP contribution in [0.25, 0.3) is 0 Å². The lowest BCUT2D eigenvalue weighted by atomic mass is 10.2. The molecule has 0 aliphatic carbocycles. The van der Waals surface area contributed by atoms with Gasteiger partial charge in [-0.25, -0.2) is 0 Å². The van der Waals surface area contributed by atoms with Crippen LogP contribution in [0.15, 0.2) is 24.3 Å². The minimum atomic E-state index is -3.27. The molecular formula is C17H25N3O4S. The summed E-state index contributed by atoms with van der Waals surface area (Å²) in [5.74, 6) is 1.58. The average molecular weight is 367 g/mol. The first kappa shape index (κ1) is 17.1. The van der Waals surface area contributed by atoms with Crippen molar-refractivity contribution in [3.05, 3.63) is 24.3 Å². The number of hydrogen-bond acceptors (Lipinski definition) is 5. The molecule has 1 unspecified atom stereocenters. The number of benzene rings is 1. The summed E-state index contributed by atoms with van der Waals surface area (Å²) in [6.07, 6.45) is 1.93. The van der Waals surface area contributed by atoms with Gasteiger partial charge in [0.2, 0.25) is 0 Å². The Morgan fingerprint density at radius 1 is 0.920 bits per heavy atom. The second-order valence-corrected chi connectivity index (χ2v) is 8.74. The molecule has 0 N–H and O–H groups in total. The van der Waals surface area contributed by atoms with Crippen LogP contribution >= 0.6 is 0 Å². The van der Waals surface area contributed by atoms with Crippen LogP contribution in [-0.2, 0) is 10.2 Å². The van der Waals surface area contributed by atoms with Crippen molar-refractivity contribution in [3.63, 3.8) is 0 Å². The van der Waals surface area contributed by atoms with Crippen LogP contribution in [0.4, 0.5) is 0 Å². The lowest BCUT2D eigenvalue weighted by molar-refractivity contribution is 0.0489. The minimum absolute atomic E-state index is 0.0170. The van der Waals surface area contributed by atoms with Crippen LogP contribution in [0, 0.1) is 0 Å². The zero-order valence-corrected chi connectivity index (χ0v) is 15.2. The van der Waals surface area contributed by atoms with Crippen LogP contribution in [0.1, 0.15) is 12.8 Å². The Hall–Kier alpha value is -1.35. The first-order valence-electron chi connectivity index (χ1n) is 8.99. The lowest BCUT2D eigenvalue weighted by Gasteiger charge is -2.37. The van der Waals surface area contributed by atoms with Crippen LogP contribution in [0.3, 0.4) is 0 Å². The summed E-state index contributed by atoms with van der Waals surface area (Å²) in [4.78, 5) is 2.26. The topological polar surface area (TPSA) is 62.3 Å². The van der Waals surface area contributed by atoms with Crippen LogP contribution in [-0.4, -0.2) is 80.5 Å². The van der Waals surface area contributed by atoms with E-state index in [-0.39, 0.29) is 6.10 Å². The number of para-hydroxylation sites is 2. The van der Waals surface area contributed by atoms with Gasteiger partial charge in [0.05, 0.1) is 0 Å². The Balaban J connectivity index is 1.29. The molecule has 1 aromatic rings. The summed E-state index contributed by atoms with van der Waals surface area (Å²) >= 11 is 0. The lowest BCUT2D eigenvalue weighted by Crippen LogP contribution is -2.54. The zero-order valence-electron chi connectivity index (χ0n) is 14.3. The average Bonchev–Trinajstić information content (AvgIpc) is 3.18. The highest BCUT2D eigenvalue weighted by Crippen LogP contribution is 2.31. The molecule has 0 spiro atoms. The molecule has 0 radical (unpaired) electrons. The van der Waals surface area contributed by atoms with Gasteiger partial charge in [0.15, 0.2) is 11.5 Å². The van der Waals surface area contributed by atoms with E-state index in [1.165, 1.54) is 0 Å². The van der Waals surface area contributed by atoms with Crippen molar-refractivity contribution in [1.29, 1.82) is 0 Å². The summed E-state index contributed by atoms with van der Waals surface area (Å²) < 4.78 is 40.2. The second kappa shape index (κ2) is 7.11. The van der Waals surface area contributed by atoms with E-state index >= 15 is 0 Å². The van der Waals surface area contributed by atoms with Crippen molar-refractivity contribution in [3.8, 4) is 11.5 Å². The molecule has 2 fully saturated rings. The highest BCUT2D eigenvalue weighted by Gasteiger charge is 2.34. The van der Waals surface area contributed by atoms with Gasteiger partial charge >= 0.3 is 0 Å². The Labute approximate surface area is 149 Å². The minimum Gasteiger partial charge on any atom is -0.486 e. The monoisotopic (exact) mass is 367 g/mol. The predicted molar refractivity (Wildman–Crippen MR) is 94.1 cm³/mol. The fourth-order valence-electron chi connectivity index (χ4n) is 3.67. The Kier molecular flexibility index (Phi) is 4.86. The molecule has 3 aliphatic rings. The molecule has 3 heterocycles. The fourth-order valence-corrected chi connectivity index (χ4v) is 5.34. The van der Waals surface area contributed by atoms with Gasteiger partial charge in [0.1, 0.15) is 12.7 Å². The highest BCUT2D eigenvalue weighted by molar-refractivity contribution is 7.86. The highest BCUT2D eigenvalue weighted by atomic mass is 32.2. The van der Waals surface area contributed by atoms with Crippen molar-refractivity contribution >= 4 is 10.2 Å². The van der Waals surface area contributed by atoms with E-state index in [1.54, 1.807) is 8.61 Å². The van der Waals surface area contributed by atoms with Gasteiger partial charge in [0.25, 0.3) is 10.2 Å². The van der Waals surface area contributed by atoms with Crippen LogP contribution in [0.5, 0.6) is 11.5 Å². The third-order valence-corrected chi connectivity index (χ3v) is 7.11. The van der Waals surface area contributed by atoms with E-state index in [1.807, 2.05) is 24.3 Å². The molecular weight excluding hydrogens is 342 g/mol. The largest absolute Gasteiger partial charge is 0.486 e. The molecule has 0 bridgehead atoms. The molecule has 4 rings (SSSR count). The van der Waals surface area contributed by atoms with E-state index in [0.29, 0.717) is 32.8 Å². The Morgan fingerprint density at radius 2 is 1.56 bits per heavy atom. The van der Waals surface area contributed by atoms with Gasteiger partial charge in [-0.2, -0.15) is 17.0 Å². The molecule has 2 saturated heterocycles. The maximum absolute atomic E-state index is 12.6. The Bertz CT molecular complexity index is 698. The molecule has 8 heteroatoms. The third-order valence-electron chi connectivity index (χ3n) is 5.08. The quantitative estimate of drug-likeness (QED) is 0.787. The maximum atomic E-state index is 12.6. The fraction of sp³-hybridized carbons (Fsp3) is 0.647. The molecule has 0 saturated carbocycles. The zero-order chi connectivity index (χ0) is 17.3. The molecule has 0 aromatic heterocycles. The van der Waals surface area contributed by atoms with E-state index in [4.69, 9.17) is 9.47 Å². The van der Waals surface area contributed by atoms with Crippen molar-refractivity contribution in [1.82, 2.24) is 13.5 Å². The summed E-state index contributed by atoms with van der Waals surface area (Å²) in [7, 11) is -3.27. The van der Waals surface area contributed by atoms with Gasteiger partial charge in [0, 0.05) is 45.8 Å². The van der Waals surface area contributed by atoms with Crippen molar-refractivity contribution in [2.24, 2.45) is 0 Å². The molecule has 7 nitrogen and oxygen atoms in total. The third kappa shape index (κ3) is 3.62. The van der Waals surface area contributed by atoms with E-state index in [2.05, 4.69) is 4.90 Å². The smallest absolute Gasteiger partial charge is 0.282 e. The Morgan fingerprint density at radius 3 is 2.28 bits per heavy atom. The first-order chi connectivity index (χ1) is 12.1. The number of ether oxygens (including phenoxy) is 2. The van der Waals surface area contributed by atoms with E-state index in [0.717, 1.165) is 44.0 Å². The van der Waals surface area contributed by atoms with E-state index in [9.17, 15) is 8.42 Å². The number of rotatable bonds is 4. The summed E-state index contributed by atoms with van der Waals surface area (Å²) in [6, 6.07) is 7.70. The van der Waals surface area contributed by atoms with Gasteiger partial charge in [-0.05, 0) is 25.0 Å². The number of fused-ring (bicyclic) bond motifs is 1. The number of hydrogen-bond donors (Lipinski definition) is 0. The maximum Gasteiger partial charge on any atom is 0.282 e. The molecule has 3 aliphatic heterocycles. The molecule has 0 amide bonds. The molecule has 25 heavy (non-hydrogen) atoms. The summed E-state index contributed by atoms with van der Waals surface area (Å²) in [5.41, 5.74) is 0. The molecule has 1 aromatic carbocycles. The summed E-state index contributed by atoms with van der Waals surface area (Å²) in [5, 5.41) is 0. The SMILES string of the molecule is O=S(=O)(N1CCCC1)N1CCN(CC2COc3ccccc3O2)CC1. The number of nitrogens with zero attached hydrogens (tertiary/aromatic N) is 3. The number of piperazine rings is 1. The molecule has 1 atom stereocenters. The standard InChI is InChI=1S/C17H25N3O4S/c21-25(22,19-7-3-4-8-19)20-11-9-18(10-12-20)13-15-14-23-16-5-1-2-6-17(16)24-15/h1-2,5-6,15H,3-4,7-14H2. The van der Waals surface area contributed by atoms with Crippen molar-refractivity contribution in [2.45, 2.75) is 18.9 Å². The molecule has 138 valence electrons. The van der Waals surface area contributed by atoms with Crippen LogP contribution < -0.4 is 9.47 Å². The van der Waals surface area contributed by atoms with Crippen LogP contribution in [0.2, 0.25) is 0 Å². The normalized spacial score (nSPS) is 26.0. The van der Waals surface area contributed by atoms with Gasteiger partial charge < -0.3 is 9.47 Å². The van der Waals surface area contributed by atoms with E-state index < -0.39 is 10.2 Å². The van der Waals surface area contributed by atoms with Gasteiger partial charge in [-0.1, -0.05) is 12.1 Å². The second-order valence-electron chi connectivity index (χ2n) is 6.81. The predicted octanol–water partition coefficient (Wildman–Crippen LogP) is 0.785. The first-order valence-corrected chi connectivity index (χ1v) is 10.4. The van der Waals surface area contributed by atoms with Crippen molar-refractivity contribution in [2.75, 3.05) is 52.4 Å².